The Labute approximate surface area is 79.5 Å². The number of nitrogens with two attached hydrogens (primary N) is 1. The minimum atomic E-state index is -0.387. The lowest BCUT2D eigenvalue weighted by Crippen LogP contribution is -2.46. The molecular formula is C9H20N2O2. The number of hydrogen-bond donors (Lipinski definition) is 3. The zero-order valence-electron chi connectivity index (χ0n) is 8.58. The van der Waals surface area contributed by atoms with Gasteiger partial charge >= 0.3 is 0 Å². The lowest BCUT2D eigenvalue weighted by Gasteiger charge is -2.21. The molecule has 0 saturated heterocycles. The van der Waals surface area contributed by atoms with Crippen LogP contribution in [0.5, 0.6) is 0 Å². The van der Waals surface area contributed by atoms with Crippen molar-refractivity contribution in [2.24, 2.45) is 11.7 Å². The van der Waals surface area contributed by atoms with Gasteiger partial charge in [0.1, 0.15) is 0 Å². The Morgan fingerprint density at radius 2 is 2.00 bits per heavy atom. The molecule has 13 heavy (non-hydrogen) atoms. The van der Waals surface area contributed by atoms with E-state index in [0.717, 1.165) is 6.42 Å². The minimum absolute atomic E-state index is 0.0375. The molecule has 4 heteroatoms. The molecule has 0 fully saturated rings. The Bertz CT molecular complexity index is 160. The molecule has 0 aromatic heterocycles. The van der Waals surface area contributed by atoms with Gasteiger partial charge in [0, 0.05) is 6.04 Å². The molecule has 0 aliphatic rings. The second-order valence-electron chi connectivity index (χ2n) is 3.80. The quantitative estimate of drug-likeness (QED) is 0.543. The molecule has 0 radical (unpaired) electrons. The standard InChI is InChI=1S/C9H20N2O2/c1-6(2)4-8(5-12)11-7(3)9(10)13/h6-8,11-12H,4-5H2,1-3H3,(H2,10,13). The number of aliphatic hydroxyl groups is 1. The Kier molecular flexibility index (Phi) is 5.66. The van der Waals surface area contributed by atoms with Gasteiger partial charge in [-0.3, -0.25) is 4.79 Å². The van der Waals surface area contributed by atoms with E-state index in [1.807, 2.05) is 0 Å². The molecule has 0 spiro atoms. The van der Waals surface area contributed by atoms with Crippen LogP contribution in [-0.4, -0.2) is 29.7 Å². The molecule has 1 amide bonds. The van der Waals surface area contributed by atoms with Crippen LogP contribution < -0.4 is 11.1 Å². The van der Waals surface area contributed by atoms with Gasteiger partial charge < -0.3 is 16.2 Å². The summed E-state index contributed by atoms with van der Waals surface area (Å²) in [5, 5.41) is 12.0. The highest BCUT2D eigenvalue weighted by atomic mass is 16.3. The first-order valence-electron chi connectivity index (χ1n) is 4.63. The summed E-state index contributed by atoms with van der Waals surface area (Å²) < 4.78 is 0. The third kappa shape index (κ3) is 5.60. The number of amides is 1. The summed E-state index contributed by atoms with van der Waals surface area (Å²) in [6, 6.07) is -0.418. The summed E-state index contributed by atoms with van der Waals surface area (Å²) in [5.41, 5.74) is 5.09. The van der Waals surface area contributed by atoms with Gasteiger partial charge in [-0.05, 0) is 19.3 Å². The summed E-state index contributed by atoms with van der Waals surface area (Å²) in [7, 11) is 0. The number of hydrogen-bond acceptors (Lipinski definition) is 3. The number of carbonyl (C=O) groups is 1. The number of rotatable bonds is 6. The SMILES string of the molecule is CC(C)CC(CO)NC(C)C(N)=O. The van der Waals surface area contributed by atoms with Crippen LogP contribution in [0.1, 0.15) is 27.2 Å². The van der Waals surface area contributed by atoms with Gasteiger partial charge in [0.25, 0.3) is 0 Å². The first kappa shape index (κ1) is 12.4. The van der Waals surface area contributed by atoms with Crippen molar-refractivity contribution in [3.63, 3.8) is 0 Å². The van der Waals surface area contributed by atoms with Crippen molar-refractivity contribution in [2.75, 3.05) is 6.61 Å². The number of aliphatic hydroxyl groups excluding tert-OH is 1. The van der Waals surface area contributed by atoms with Crippen LogP contribution in [0.4, 0.5) is 0 Å². The monoisotopic (exact) mass is 188 g/mol. The molecule has 0 aliphatic heterocycles. The lowest BCUT2D eigenvalue weighted by atomic mass is 10.0. The van der Waals surface area contributed by atoms with E-state index in [2.05, 4.69) is 19.2 Å². The van der Waals surface area contributed by atoms with E-state index in [4.69, 9.17) is 10.8 Å². The smallest absolute Gasteiger partial charge is 0.234 e. The van der Waals surface area contributed by atoms with Crippen LogP contribution in [0.15, 0.2) is 0 Å². The maximum absolute atomic E-state index is 10.7. The van der Waals surface area contributed by atoms with E-state index in [-0.39, 0.29) is 24.6 Å². The summed E-state index contributed by atoms with van der Waals surface area (Å²) >= 11 is 0. The van der Waals surface area contributed by atoms with Gasteiger partial charge in [0.05, 0.1) is 12.6 Å². The maximum Gasteiger partial charge on any atom is 0.234 e. The summed E-state index contributed by atoms with van der Waals surface area (Å²) in [5.74, 6) is 0.104. The van der Waals surface area contributed by atoms with E-state index in [0.29, 0.717) is 5.92 Å². The molecule has 0 saturated carbocycles. The average Bonchev–Trinajstić information content (AvgIpc) is 2.02. The van der Waals surface area contributed by atoms with E-state index in [1.165, 1.54) is 0 Å². The zero-order valence-corrected chi connectivity index (χ0v) is 8.58. The zero-order chi connectivity index (χ0) is 10.4. The van der Waals surface area contributed by atoms with Crippen LogP contribution in [0.25, 0.3) is 0 Å². The Balaban J connectivity index is 3.90. The summed E-state index contributed by atoms with van der Waals surface area (Å²) in [4.78, 5) is 10.7. The van der Waals surface area contributed by atoms with Crippen LogP contribution in [0, 0.1) is 5.92 Å². The second-order valence-corrected chi connectivity index (χ2v) is 3.80. The Morgan fingerprint density at radius 1 is 1.46 bits per heavy atom. The predicted molar refractivity (Wildman–Crippen MR) is 52.1 cm³/mol. The average molecular weight is 188 g/mol. The second kappa shape index (κ2) is 5.94. The van der Waals surface area contributed by atoms with Gasteiger partial charge in [-0.25, -0.2) is 0 Å². The van der Waals surface area contributed by atoms with E-state index < -0.39 is 0 Å². The van der Waals surface area contributed by atoms with Crippen molar-refractivity contribution >= 4 is 5.91 Å². The molecule has 0 aliphatic carbocycles. The highest BCUT2D eigenvalue weighted by Crippen LogP contribution is 2.04. The van der Waals surface area contributed by atoms with Crippen molar-refractivity contribution in [3.05, 3.63) is 0 Å². The van der Waals surface area contributed by atoms with Crippen molar-refractivity contribution in [1.82, 2.24) is 5.32 Å². The predicted octanol–water partition coefficient (Wildman–Crippen LogP) is -0.143. The summed E-state index contributed by atoms with van der Waals surface area (Å²) in [6.07, 6.45) is 0.841. The normalized spacial score (nSPS) is 15.8. The highest BCUT2D eigenvalue weighted by Gasteiger charge is 2.15. The fourth-order valence-corrected chi connectivity index (χ4v) is 1.20. The van der Waals surface area contributed by atoms with Crippen molar-refractivity contribution in [3.8, 4) is 0 Å². The van der Waals surface area contributed by atoms with Gasteiger partial charge in [-0.2, -0.15) is 0 Å². The molecule has 2 unspecified atom stereocenters. The van der Waals surface area contributed by atoms with Crippen molar-refractivity contribution in [2.45, 2.75) is 39.3 Å². The van der Waals surface area contributed by atoms with Crippen molar-refractivity contribution < 1.29 is 9.90 Å². The Morgan fingerprint density at radius 3 is 2.31 bits per heavy atom. The lowest BCUT2D eigenvalue weighted by molar-refractivity contribution is -0.119. The molecule has 4 N–H and O–H groups in total. The molecular weight excluding hydrogens is 168 g/mol. The molecule has 0 aromatic carbocycles. The molecule has 0 bridgehead atoms. The molecule has 4 nitrogen and oxygen atoms in total. The van der Waals surface area contributed by atoms with Gasteiger partial charge in [-0.15, -0.1) is 0 Å². The third-order valence-electron chi connectivity index (χ3n) is 1.89. The fourth-order valence-electron chi connectivity index (χ4n) is 1.20. The Hall–Kier alpha value is -0.610. The highest BCUT2D eigenvalue weighted by molar-refractivity contribution is 5.79. The van der Waals surface area contributed by atoms with E-state index >= 15 is 0 Å². The molecule has 0 aromatic rings. The van der Waals surface area contributed by atoms with E-state index in [1.54, 1.807) is 6.92 Å². The molecule has 2 atom stereocenters. The molecule has 0 heterocycles. The number of carbonyl (C=O) groups excluding carboxylic acids is 1. The third-order valence-corrected chi connectivity index (χ3v) is 1.89. The van der Waals surface area contributed by atoms with Gasteiger partial charge in [-0.1, -0.05) is 13.8 Å². The van der Waals surface area contributed by atoms with Crippen LogP contribution in [0.3, 0.4) is 0 Å². The largest absolute Gasteiger partial charge is 0.395 e. The number of primary amides is 1. The van der Waals surface area contributed by atoms with Crippen LogP contribution >= 0.6 is 0 Å². The topological polar surface area (TPSA) is 75.3 Å². The van der Waals surface area contributed by atoms with E-state index in [9.17, 15) is 4.79 Å². The first-order valence-corrected chi connectivity index (χ1v) is 4.63. The minimum Gasteiger partial charge on any atom is -0.395 e. The van der Waals surface area contributed by atoms with Gasteiger partial charge in [0.2, 0.25) is 5.91 Å². The molecule has 0 rings (SSSR count). The first-order chi connectivity index (χ1) is 5.97. The fraction of sp³-hybridized carbons (Fsp3) is 0.889. The number of nitrogens with one attached hydrogen (secondary N) is 1. The van der Waals surface area contributed by atoms with Crippen LogP contribution in [0.2, 0.25) is 0 Å². The summed E-state index contributed by atoms with van der Waals surface area (Å²) in [6.45, 7) is 5.87. The maximum atomic E-state index is 10.7. The van der Waals surface area contributed by atoms with Crippen LogP contribution in [-0.2, 0) is 4.79 Å². The molecule has 78 valence electrons. The van der Waals surface area contributed by atoms with Gasteiger partial charge in [0.15, 0.2) is 0 Å². The van der Waals surface area contributed by atoms with Crippen molar-refractivity contribution in [1.29, 1.82) is 0 Å².